The van der Waals surface area contributed by atoms with Crippen LogP contribution in [0.5, 0.6) is 11.5 Å². The summed E-state index contributed by atoms with van der Waals surface area (Å²) in [7, 11) is 0. The van der Waals surface area contributed by atoms with Crippen molar-refractivity contribution in [2.75, 3.05) is 0 Å². The van der Waals surface area contributed by atoms with Crippen molar-refractivity contribution in [1.82, 2.24) is 0 Å². The lowest BCUT2D eigenvalue weighted by atomic mass is 10.1. The van der Waals surface area contributed by atoms with Gasteiger partial charge in [0.2, 0.25) is 0 Å². The fraction of sp³-hybridized carbons (Fsp3) is 0.0714. The molecule has 0 atom stereocenters. The highest BCUT2D eigenvalue weighted by Gasteiger charge is 2.11. The molecule has 0 radical (unpaired) electrons. The van der Waals surface area contributed by atoms with Crippen LogP contribution < -0.4 is 4.74 Å². The lowest BCUT2D eigenvalue weighted by Crippen LogP contribution is -1.93. The molecule has 0 bridgehead atoms. The number of hydrogen-bond acceptors (Lipinski definition) is 2. The van der Waals surface area contributed by atoms with E-state index in [-0.39, 0.29) is 5.78 Å². The minimum absolute atomic E-state index is 0.0233. The highest BCUT2D eigenvalue weighted by molar-refractivity contribution is 9.10. The minimum atomic E-state index is -0.0233. The third-order valence-corrected chi connectivity index (χ3v) is 4.17. The van der Waals surface area contributed by atoms with Gasteiger partial charge in [0.15, 0.2) is 5.78 Å². The molecule has 0 aromatic heterocycles. The third kappa shape index (κ3) is 3.47. The second kappa shape index (κ2) is 6.35. The first-order valence-corrected chi connectivity index (χ1v) is 7.44. The molecule has 2 rings (SSSR count). The summed E-state index contributed by atoms with van der Waals surface area (Å²) in [6.07, 6.45) is 0. The second-order valence-electron chi connectivity index (χ2n) is 4.00. The monoisotopic (exact) mass is 392 g/mol. The molecule has 0 aliphatic carbocycles. The molecule has 0 heterocycles. The zero-order valence-electron chi connectivity index (χ0n) is 10.2. The Hall–Kier alpha value is -0.740. The number of benzene rings is 2. The Bertz CT molecular complexity index is 686. The number of ketones is 1. The Kier molecular flexibility index (Phi) is 4.97. The Labute approximate surface area is 139 Å². The summed E-state index contributed by atoms with van der Waals surface area (Å²) in [5, 5.41) is 1.06. The van der Waals surface area contributed by atoms with Crippen LogP contribution in [-0.2, 0) is 0 Å². The highest BCUT2D eigenvalue weighted by atomic mass is 79.9. The Morgan fingerprint density at radius 1 is 1.00 bits per heavy atom. The fourth-order valence-corrected chi connectivity index (χ4v) is 2.54. The van der Waals surface area contributed by atoms with E-state index >= 15 is 0 Å². The summed E-state index contributed by atoms with van der Waals surface area (Å²) in [6.45, 7) is 1.50. The maximum atomic E-state index is 11.3. The molecule has 104 valence electrons. The summed E-state index contributed by atoms with van der Waals surface area (Å²) in [5.41, 5.74) is 0.587. The van der Waals surface area contributed by atoms with Crippen molar-refractivity contribution in [2.24, 2.45) is 0 Å². The van der Waals surface area contributed by atoms with Crippen LogP contribution in [0, 0.1) is 0 Å². The molecule has 0 N–H and O–H groups in total. The Morgan fingerprint density at radius 2 is 1.65 bits per heavy atom. The van der Waals surface area contributed by atoms with E-state index in [0.29, 0.717) is 36.6 Å². The first-order chi connectivity index (χ1) is 9.38. The predicted molar refractivity (Wildman–Crippen MR) is 85.7 cm³/mol. The van der Waals surface area contributed by atoms with Gasteiger partial charge < -0.3 is 4.74 Å². The number of ether oxygens (including phenoxy) is 1. The van der Waals surface area contributed by atoms with Crippen molar-refractivity contribution >= 4 is 56.5 Å². The van der Waals surface area contributed by atoms with E-state index in [9.17, 15) is 4.79 Å². The highest BCUT2D eigenvalue weighted by Crippen LogP contribution is 2.38. The molecule has 2 aromatic carbocycles. The molecule has 0 saturated heterocycles. The summed E-state index contributed by atoms with van der Waals surface area (Å²) >= 11 is 21.2. The SMILES string of the molecule is CC(=O)c1ccc(Oc2cc(Cl)c(Cl)cc2Cl)c(Br)c1. The number of carbonyl (C=O) groups is 1. The first-order valence-electron chi connectivity index (χ1n) is 5.51. The standard InChI is InChI=1S/C14H8BrCl3O2/c1-7(19)8-2-3-13(9(15)4-8)20-14-6-11(17)10(16)5-12(14)18/h2-6H,1H3. The van der Waals surface area contributed by atoms with E-state index in [1.165, 1.54) is 19.1 Å². The molecular formula is C14H8BrCl3O2. The molecular weight excluding hydrogens is 386 g/mol. The number of carbonyl (C=O) groups excluding carboxylic acids is 1. The van der Waals surface area contributed by atoms with Crippen molar-refractivity contribution < 1.29 is 9.53 Å². The molecule has 0 aliphatic rings. The zero-order chi connectivity index (χ0) is 14.9. The van der Waals surface area contributed by atoms with Crippen molar-refractivity contribution in [3.05, 3.63) is 55.4 Å². The molecule has 0 aliphatic heterocycles. The van der Waals surface area contributed by atoms with Gasteiger partial charge in [-0.05, 0) is 47.1 Å². The maximum Gasteiger partial charge on any atom is 0.159 e. The van der Waals surface area contributed by atoms with Crippen molar-refractivity contribution in [1.29, 1.82) is 0 Å². The van der Waals surface area contributed by atoms with E-state index in [1.807, 2.05) is 0 Å². The number of Topliss-reactive ketones (excluding diaryl/α,β-unsaturated/α-hetero) is 1. The predicted octanol–water partition coefficient (Wildman–Crippen LogP) is 6.40. The molecule has 0 spiro atoms. The van der Waals surface area contributed by atoms with Gasteiger partial charge in [0.25, 0.3) is 0 Å². The van der Waals surface area contributed by atoms with Gasteiger partial charge in [0, 0.05) is 11.6 Å². The number of rotatable bonds is 3. The van der Waals surface area contributed by atoms with Gasteiger partial charge >= 0.3 is 0 Å². The van der Waals surface area contributed by atoms with E-state index in [4.69, 9.17) is 39.5 Å². The van der Waals surface area contributed by atoms with Crippen molar-refractivity contribution in [3.8, 4) is 11.5 Å². The molecule has 2 nitrogen and oxygen atoms in total. The van der Waals surface area contributed by atoms with Gasteiger partial charge in [-0.15, -0.1) is 0 Å². The Morgan fingerprint density at radius 3 is 2.25 bits per heavy atom. The zero-order valence-corrected chi connectivity index (χ0v) is 14.1. The van der Waals surface area contributed by atoms with Crippen molar-refractivity contribution in [3.63, 3.8) is 0 Å². The van der Waals surface area contributed by atoms with E-state index < -0.39 is 0 Å². The lowest BCUT2D eigenvalue weighted by molar-refractivity contribution is 0.101. The minimum Gasteiger partial charge on any atom is -0.455 e. The second-order valence-corrected chi connectivity index (χ2v) is 6.08. The number of hydrogen-bond donors (Lipinski definition) is 0. The lowest BCUT2D eigenvalue weighted by Gasteiger charge is -2.11. The molecule has 0 unspecified atom stereocenters. The molecule has 0 fully saturated rings. The molecule has 6 heteroatoms. The van der Waals surface area contributed by atoms with Crippen LogP contribution in [0.1, 0.15) is 17.3 Å². The summed E-state index contributed by atoms with van der Waals surface area (Å²) < 4.78 is 6.32. The fourth-order valence-electron chi connectivity index (χ4n) is 1.50. The maximum absolute atomic E-state index is 11.3. The van der Waals surface area contributed by atoms with Gasteiger partial charge in [-0.1, -0.05) is 34.8 Å². The summed E-state index contributed by atoms with van der Waals surface area (Å²) in [4.78, 5) is 11.3. The molecule has 20 heavy (non-hydrogen) atoms. The van der Waals surface area contributed by atoms with Crippen LogP contribution in [0.4, 0.5) is 0 Å². The van der Waals surface area contributed by atoms with Crippen molar-refractivity contribution in [2.45, 2.75) is 6.92 Å². The molecule has 0 amide bonds. The van der Waals surface area contributed by atoms with Crippen LogP contribution in [0.25, 0.3) is 0 Å². The van der Waals surface area contributed by atoms with Crippen LogP contribution in [0.15, 0.2) is 34.8 Å². The largest absolute Gasteiger partial charge is 0.455 e. The van der Waals surface area contributed by atoms with Crippen LogP contribution in [-0.4, -0.2) is 5.78 Å². The van der Waals surface area contributed by atoms with E-state index in [1.54, 1.807) is 18.2 Å². The summed E-state index contributed by atoms with van der Waals surface area (Å²) in [5.74, 6) is 0.887. The van der Waals surface area contributed by atoms with E-state index in [2.05, 4.69) is 15.9 Å². The van der Waals surface area contributed by atoms with Crippen LogP contribution in [0.3, 0.4) is 0 Å². The first kappa shape index (κ1) is 15.6. The average molecular weight is 394 g/mol. The topological polar surface area (TPSA) is 26.3 Å². The van der Waals surface area contributed by atoms with Crippen LogP contribution in [0.2, 0.25) is 15.1 Å². The smallest absolute Gasteiger partial charge is 0.159 e. The molecule has 0 saturated carbocycles. The quantitative estimate of drug-likeness (QED) is 0.444. The number of halogens is 4. The van der Waals surface area contributed by atoms with Gasteiger partial charge in [0.05, 0.1) is 19.5 Å². The van der Waals surface area contributed by atoms with Gasteiger partial charge in [-0.25, -0.2) is 0 Å². The average Bonchev–Trinajstić information content (AvgIpc) is 2.37. The van der Waals surface area contributed by atoms with Gasteiger partial charge in [-0.2, -0.15) is 0 Å². The normalized spacial score (nSPS) is 10.4. The third-order valence-electron chi connectivity index (χ3n) is 2.53. The van der Waals surface area contributed by atoms with E-state index in [0.717, 1.165) is 0 Å². The van der Waals surface area contributed by atoms with Crippen LogP contribution >= 0.6 is 50.7 Å². The van der Waals surface area contributed by atoms with Gasteiger partial charge in [-0.3, -0.25) is 4.79 Å². The molecule has 2 aromatic rings. The summed E-state index contributed by atoms with van der Waals surface area (Å²) in [6, 6.07) is 8.09. The van der Waals surface area contributed by atoms with Gasteiger partial charge in [0.1, 0.15) is 11.5 Å². The Balaban J connectivity index is 2.35.